The minimum Gasteiger partial charge on any atom is -0.367 e. The highest BCUT2D eigenvalue weighted by atomic mass is 32.1. The van der Waals surface area contributed by atoms with Crippen molar-refractivity contribution in [2.45, 2.75) is 26.8 Å². The first-order chi connectivity index (χ1) is 7.74. The third kappa shape index (κ3) is 3.10. The molecule has 0 saturated carbocycles. The van der Waals surface area contributed by atoms with Crippen LogP contribution in [-0.2, 0) is 13.0 Å². The molecule has 16 heavy (non-hydrogen) atoms. The molecule has 0 amide bonds. The molecule has 0 radical (unpaired) electrons. The summed E-state index contributed by atoms with van der Waals surface area (Å²) in [7, 11) is 0. The second-order valence-corrected chi connectivity index (χ2v) is 5.42. The van der Waals surface area contributed by atoms with Gasteiger partial charge in [0, 0.05) is 30.0 Å². The quantitative estimate of drug-likeness (QED) is 0.835. The third-order valence-electron chi connectivity index (χ3n) is 2.27. The van der Waals surface area contributed by atoms with Gasteiger partial charge in [-0.05, 0) is 24.0 Å². The number of aromatic amines is 1. The van der Waals surface area contributed by atoms with E-state index in [2.05, 4.69) is 35.2 Å². The van der Waals surface area contributed by atoms with Crippen LogP contribution >= 0.6 is 11.3 Å². The Morgan fingerprint density at radius 2 is 2.38 bits per heavy atom. The van der Waals surface area contributed by atoms with E-state index in [9.17, 15) is 0 Å². The lowest BCUT2D eigenvalue weighted by atomic mass is 10.1. The van der Waals surface area contributed by atoms with Gasteiger partial charge in [-0.15, -0.1) is 11.3 Å². The van der Waals surface area contributed by atoms with Crippen molar-refractivity contribution in [3.63, 3.8) is 0 Å². The first-order valence-electron chi connectivity index (χ1n) is 5.54. The Kier molecular flexibility index (Phi) is 3.62. The van der Waals surface area contributed by atoms with Gasteiger partial charge in [-0.25, -0.2) is 4.98 Å². The SMILES string of the molecule is CC(C)Cc1cnc(NCc2cc[nH]c2)s1. The fourth-order valence-electron chi connectivity index (χ4n) is 1.53. The van der Waals surface area contributed by atoms with Gasteiger partial charge in [0.15, 0.2) is 5.13 Å². The van der Waals surface area contributed by atoms with Crippen LogP contribution in [0.1, 0.15) is 24.3 Å². The van der Waals surface area contributed by atoms with Gasteiger partial charge in [-0.2, -0.15) is 0 Å². The third-order valence-corrected chi connectivity index (χ3v) is 3.25. The Hall–Kier alpha value is -1.29. The second kappa shape index (κ2) is 5.16. The van der Waals surface area contributed by atoms with E-state index >= 15 is 0 Å². The highest BCUT2D eigenvalue weighted by molar-refractivity contribution is 7.15. The fourth-order valence-corrected chi connectivity index (χ4v) is 2.55. The predicted molar refractivity (Wildman–Crippen MR) is 68.8 cm³/mol. The zero-order valence-corrected chi connectivity index (χ0v) is 10.5. The average molecular weight is 235 g/mol. The number of nitrogens with zero attached hydrogens (tertiary/aromatic N) is 1. The number of hydrogen-bond donors (Lipinski definition) is 2. The number of nitrogens with one attached hydrogen (secondary N) is 2. The number of rotatable bonds is 5. The van der Waals surface area contributed by atoms with E-state index in [1.54, 1.807) is 11.3 Å². The monoisotopic (exact) mass is 235 g/mol. The van der Waals surface area contributed by atoms with Gasteiger partial charge in [0.2, 0.25) is 0 Å². The van der Waals surface area contributed by atoms with Crippen LogP contribution in [0, 0.1) is 5.92 Å². The molecule has 0 aliphatic heterocycles. The summed E-state index contributed by atoms with van der Waals surface area (Å²) in [6.45, 7) is 5.29. The molecule has 0 aliphatic rings. The summed E-state index contributed by atoms with van der Waals surface area (Å²) >= 11 is 1.75. The first-order valence-corrected chi connectivity index (χ1v) is 6.36. The fraction of sp³-hybridized carbons (Fsp3) is 0.417. The molecule has 2 rings (SSSR count). The summed E-state index contributed by atoms with van der Waals surface area (Å²) < 4.78 is 0. The molecule has 2 aromatic heterocycles. The molecule has 0 bridgehead atoms. The van der Waals surface area contributed by atoms with E-state index in [1.807, 2.05) is 18.6 Å². The van der Waals surface area contributed by atoms with Crippen molar-refractivity contribution in [2.24, 2.45) is 5.92 Å². The lowest BCUT2D eigenvalue weighted by molar-refractivity contribution is 0.653. The molecule has 2 aromatic rings. The van der Waals surface area contributed by atoms with Crippen molar-refractivity contribution in [3.8, 4) is 0 Å². The Labute approximate surface area is 99.9 Å². The van der Waals surface area contributed by atoms with E-state index in [0.29, 0.717) is 5.92 Å². The van der Waals surface area contributed by atoms with Crippen LogP contribution in [0.3, 0.4) is 0 Å². The van der Waals surface area contributed by atoms with Gasteiger partial charge in [-0.3, -0.25) is 0 Å². The molecule has 0 fully saturated rings. The van der Waals surface area contributed by atoms with Crippen LogP contribution in [0.25, 0.3) is 0 Å². The van der Waals surface area contributed by atoms with Crippen LogP contribution in [0.4, 0.5) is 5.13 Å². The van der Waals surface area contributed by atoms with Gasteiger partial charge >= 0.3 is 0 Å². The molecule has 3 nitrogen and oxygen atoms in total. The van der Waals surface area contributed by atoms with Crippen LogP contribution in [0.5, 0.6) is 0 Å². The summed E-state index contributed by atoms with van der Waals surface area (Å²) in [4.78, 5) is 8.76. The molecule has 0 unspecified atom stereocenters. The number of aromatic nitrogens is 2. The van der Waals surface area contributed by atoms with Gasteiger partial charge in [0.1, 0.15) is 0 Å². The first kappa shape index (κ1) is 11.2. The highest BCUT2D eigenvalue weighted by Gasteiger charge is 2.03. The minimum atomic E-state index is 0.693. The minimum absolute atomic E-state index is 0.693. The second-order valence-electron chi connectivity index (χ2n) is 4.30. The van der Waals surface area contributed by atoms with Crippen molar-refractivity contribution >= 4 is 16.5 Å². The van der Waals surface area contributed by atoms with Gasteiger partial charge in [0.25, 0.3) is 0 Å². The average Bonchev–Trinajstić information content (AvgIpc) is 2.84. The Bertz CT molecular complexity index is 417. The van der Waals surface area contributed by atoms with Crippen molar-refractivity contribution in [3.05, 3.63) is 35.1 Å². The van der Waals surface area contributed by atoms with Crippen LogP contribution in [0.15, 0.2) is 24.7 Å². The van der Waals surface area contributed by atoms with Crippen molar-refractivity contribution in [1.82, 2.24) is 9.97 Å². The van der Waals surface area contributed by atoms with E-state index < -0.39 is 0 Å². The molecule has 2 heterocycles. The molecule has 0 saturated heterocycles. The van der Waals surface area contributed by atoms with E-state index in [0.717, 1.165) is 18.1 Å². The highest BCUT2D eigenvalue weighted by Crippen LogP contribution is 2.21. The van der Waals surface area contributed by atoms with E-state index in [1.165, 1.54) is 10.4 Å². The summed E-state index contributed by atoms with van der Waals surface area (Å²) in [5.74, 6) is 0.693. The lowest BCUT2D eigenvalue weighted by Crippen LogP contribution is -1.96. The van der Waals surface area contributed by atoms with E-state index in [4.69, 9.17) is 0 Å². The number of thiazole rings is 1. The van der Waals surface area contributed by atoms with Crippen LogP contribution in [-0.4, -0.2) is 9.97 Å². The number of H-pyrrole nitrogens is 1. The summed E-state index contributed by atoms with van der Waals surface area (Å²) in [6.07, 6.45) is 7.02. The normalized spacial score (nSPS) is 10.9. The number of hydrogen-bond acceptors (Lipinski definition) is 3. The summed E-state index contributed by atoms with van der Waals surface area (Å²) in [6, 6.07) is 2.07. The Balaban J connectivity index is 1.88. The smallest absolute Gasteiger partial charge is 0.183 e. The van der Waals surface area contributed by atoms with Gasteiger partial charge in [-0.1, -0.05) is 13.8 Å². The largest absolute Gasteiger partial charge is 0.367 e. The topological polar surface area (TPSA) is 40.7 Å². The van der Waals surface area contributed by atoms with Crippen LogP contribution in [0.2, 0.25) is 0 Å². The van der Waals surface area contributed by atoms with Crippen LogP contribution < -0.4 is 5.32 Å². The number of anilines is 1. The molecule has 4 heteroatoms. The zero-order valence-electron chi connectivity index (χ0n) is 9.66. The predicted octanol–water partition coefficient (Wildman–Crippen LogP) is 3.28. The zero-order chi connectivity index (χ0) is 11.4. The summed E-state index contributed by atoms with van der Waals surface area (Å²) in [5.41, 5.74) is 1.25. The summed E-state index contributed by atoms with van der Waals surface area (Å²) in [5, 5.41) is 4.34. The molecular weight excluding hydrogens is 218 g/mol. The molecule has 0 aromatic carbocycles. The molecule has 86 valence electrons. The Morgan fingerprint density at radius 3 is 3.06 bits per heavy atom. The van der Waals surface area contributed by atoms with Crippen molar-refractivity contribution in [1.29, 1.82) is 0 Å². The van der Waals surface area contributed by atoms with Gasteiger partial charge in [0.05, 0.1) is 0 Å². The van der Waals surface area contributed by atoms with Gasteiger partial charge < -0.3 is 10.3 Å². The molecule has 2 N–H and O–H groups in total. The standard InChI is InChI=1S/C12H17N3S/c1-9(2)5-11-8-15-12(16-11)14-7-10-3-4-13-6-10/h3-4,6,8-9,13H,5,7H2,1-2H3,(H,14,15). The van der Waals surface area contributed by atoms with Crippen molar-refractivity contribution < 1.29 is 0 Å². The molecular formula is C12H17N3S. The molecule has 0 aliphatic carbocycles. The van der Waals surface area contributed by atoms with Crippen molar-refractivity contribution in [2.75, 3.05) is 5.32 Å². The maximum atomic E-state index is 4.37. The molecule has 0 spiro atoms. The lowest BCUT2D eigenvalue weighted by Gasteiger charge is -2.00. The maximum absolute atomic E-state index is 4.37. The maximum Gasteiger partial charge on any atom is 0.183 e. The Morgan fingerprint density at radius 1 is 1.50 bits per heavy atom. The molecule has 0 atom stereocenters. The van der Waals surface area contributed by atoms with E-state index in [-0.39, 0.29) is 0 Å².